The Balaban J connectivity index is 2.21. The molecular weight excluding hydrogens is 357 g/mol. The molecule has 1 aliphatic heterocycles. The summed E-state index contributed by atoms with van der Waals surface area (Å²) in [4.78, 5) is -0.279. The standard InChI is InChI=1S/C16H15Cl2NO3S/c1-10-6-7-11-4-2-3-5-14(11)19(10)23(21,22)15-9-12(17)8-13(18)16(15)20/h2-5,8-10,20H,6-7H2,1H3. The molecule has 0 aliphatic carbocycles. The van der Waals surface area contributed by atoms with Gasteiger partial charge in [-0.2, -0.15) is 0 Å². The SMILES string of the molecule is CC1CCc2ccccc2N1S(=O)(=O)c1cc(Cl)cc(Cl)c1O. The lowest BCUT2D eigenvalue weighted by Gasteiger charge is -2.36. The van der Waals surface area contributed by atoms with Crippen LogP contribution in [0.2, 0.25) is 10.0 Å². The van der Waals surface area contributed by atoms with Crippen molar-refractivity contribution in [3.8, 4) is 5.75 Å². The Morgan fingerprint density at radius 2 is 1.91 bits per heavy atom. The minimum atomic E-state index is -3.99. The minimum Gasteiger partial charge on any atom is -0.505 e. The Kier molecular flexibility index (Phi) is 4.21. The number of rotatable bonds is 2. The summed E-state index contributed by atoms with van der Waals surface area (Å²) in [6.07, 6.45) is 1.51. The van der Waals surface area contributed by atoms with E-state index < -0.39 is 15.8 Å². The molecule has 0 aromatic heterocycles. The third kappa shape index (κ3) is 2.77. The number of hydrogen-bond acceptors (Lipinski definition) is 3. The minimum absolute atomic E-state index is 0.0889. The van der Waals surface area contributed by atoms with E-state index in [-0.39, 0.29) is 21.0 Å². The molecule has 0 saturated heterocycles. The van der Waals surface area contributed by atoms with Crippen molar-refractivity contribution in [2.45, 2.75) is 30.7 Å². The van der Waals surface area contributed by atoms with Crippen LogP contribution in [0.1, 0.15) is 18.9 Å². The van der Waals surface area contributed by atoms with Gasteiger partial charge < -0.3 is 5.11 Å². The van der Waals surface area contributed by atoms with Gasteiger partial charge in [-0.1, -0.05) is 41.4 Å². The molecule has 2 aromatic rings. The maximum absolute atomic E-state index is 13.1. The van der Waals surface area contributed by atoms with E-state index >= 15 is 0 Å². The Hall–Kier alpha value is -1.43. The van der Waals surface area contributed by atoms with Gasteiger partial charge in [-0.25, -0.2) is 8.42 Å². The van der Waals surface area contributed by atoms with Gasteiger partial charge in [0.1, 0.15) is 4.90 Å². The van der Waals surface area contributed by atoms with Crippen LogP contribution in [0.15, 0.2) is 41.3 Å². The molecule has 1 atom stereocenters. The van der Waals surface area contributed by atoms with Crippen molar-refractivity contribution in [1.29, 1.82) is 0 Å². The number of aryl methyl sites for hydroxylation is 1. The number of halogens is 2. The first-order valence-electron chi connectivity index (χ1n) is 7.12. The van der Waals surface area contributed by atoms with Gasteiger partial charge in [0.05, 0.1) is 10.7 Å². The molecule has 0 saturated carbocycles. The van der Waals surface area contributed by atoms with Gasteiger partial charge in [-0.3, -0.25) is 4.31 Å². The van der Waals surface area contributed by atoms with Crippen LogP contribution in [-0.2, 0) is 16.4 Å². The second-order valence-electron chi connectivity index (χ2n) is 5.55. The fraction of sp³-hybridized carbons (Fsp3) is 0.250. The zero-order chi connectivity index (χ0) is 16.8. The number of nitrogens with zero attached hydrogens (tertiary/aromatic N) is 1. The first-order valence-corrected chi connectivity index (χ1v) is 9.32. The molecule has 1 aliphatic rings. The molecule has 0 radical (unpaired) electrons. The average molecular weight is 372 g/mol. The van der Waals surface area contributed by atoms with Crippen molar-refractivity contribution in [2.75, 3.05) is 4.31 Å². The third-order valence-corrected chi connectivity index (χ3v) is 6.44. The molecule has 7 heteroatoms. The number of phenols is 1. The van der Waals surface area contributed by atoms with Crippen LogP contribution in [0.5, 0.6) is 5.75 Å². The maximum Gasteiger partial charge on any atom is 0.268 e. The molecule has 0 bridgehead atoms. The molecule has 2 aromatic carbocycles. The molecule has 122 valence electrons. The molecule has 1 heterocycles. The normalized spacial score (nSPS) is 17.9. The highest BCUT2D eigenvalue weighted by Crippen LogP contribution is 2.40. The van der Waals surface area contributed by atoms with Gasteiger partial charge in [0, 0.05) is 11.1 Å². The number of hydrogen-bond donors (Lipinski definition) is 1. The summed E-state index contributed by atoms with van der Waals surface area (Å²) in [5.41, 5.74) is 1.59. The second-order valence-corrected chi connectivity index (χ2v) is 8.18. The number of anilines is 1. The van der Waals surface area contributed by atoms with Crippen LogP contribution >= 0.6 is 23.2 Å². The number of benzene rings is 2. The highest BCUT2D eigenvalue weighted by Gasteiger charge is 2.35. The van der Waals surface area contributed by atoms with Gasteiger partial charge in [0.15, 0.2) is 5.75 Å². The second kappa shape index (κ2) is 5.89. The molecule has 1 unspecified atom stereocenters. The van der Waals surface area contributed by atoms with E-state index in [1.54, 1.807) is 12.1 Å². The van der Waals surface area contributed by atoms with Gasteiger partial charge in [-0.15, -0.1) is 0 Å². The predicted octanol–water partition coefficient (Wildman–Crippen LogP) is 4.23. The quantitative estimate of drug-likeness (QED) is 0.858. The molecular formula is C16H15Cl2NO3S. The smallest absolute Gasteiger partial charge is 0.268 e. The van der Waals surface area contributed by atoms with Crippen LogP contribution < -0.4 is 4.31 Å². The summed E-state index contributed by atoms with van der Waals surface area (Å²) < 4.78 is 27.6. The number of fused-ring (bicyclic) bond motifs is 1. The number of para-hydroxylation sites is 1. The van der Waals surface area contributed by atoms with E-state index in [2.05, 4.69) is 0 Å². The third-order valence-electron chi connectivity index (χ3n) is 3.99. The monoisotopic (exact) mass is 371 g/mol. The summed E-state index contributed by atoms with van der Waals surface area (Å²) >= 11 is 11.8. The first-order chi connectivity index (χ1) is 10.8. The van der Waals surface area contributed by atoms with Crippen LogP contribution in [0, 0.1) is 0 Å². The molecule has 23 heavy (non-hydrogen) atoms. The lowest BCUT2D eigenvalue weighted by atomic mass is 9.99. The fourth-order valence-electron chi connectivity index (χ4n) is 2.87. The van der Waals surface area contributed by atoms with E-state index in [1.165, 1.54) is 16.4 Å². The molecule has 1 N–H and O–H groups in total. The summed E-state index contributed by atoms with van der Waals surface area (Å²) in [6, 6.07) is 9.66. The Labute approximate surface area is 145 Å². The summed E-state index contributed by atoms with van der Waals surface area (Å²) in [6.45, 7) is 1.84. The van der Waals surface area contributed by atoms with Gasteiger partial charge in [0.2, 0.25) is 0 Å². The average Bonchev–Trinajstić information content (AvgIpc) is 2.50. The summed E-state index contributed by atoms with van der Waals surface area (Å²) in [7, 11) is -3.99. The van der Waals surface area contributed by atoms with Crippen molar-refractivity contribution < 1.29 is 13.5 Å². The largest absolute Gasteiger partial charge is 0.505 e. The van der Waals surface area contributed by atoms with Crippen molar-refractivity contribution in [3.05, 3.63) is 52.0 Å². The molecule has 0 amide bonds. The molecule has 4 nitrogen and oxygen atoms in total. The zero-order valence-electron chi connectivity index (χ0n) is 12.3. The van der Waals surface area contributed by atoms with Crippen molar-refractivity contribution in [2.24, 2.45) is 0 Å². The molecule has 3 rings (SSSR count). The van der Waals surface area contributed by atoms with Crippen LogP contribution in [-0.4, -0.2) is 19.6 Å². The van der Waals surface area contributed by atoms with E-state index in [0.717, 1.165) is 12.0 Å². The van der Waals surface area contributed by atoms with Gasteiger partial charge in [-0.05, 0) is 43.5 Å². The molecule has 0 spiro atoms. The van der Waals surface area contributed by atoms with Crippen LogP contribution in [0.3, 0.4) is 0 Å². The lowest BCUT2D eigenvalue weighted by Crippen LogP contribution is -2.42. The van der Waals surface area contributed by atoms with Crippen LogP contribution in [0.25, 0.3) is 0 Å². The van der Waals surface area contributed by atoms with Gasteiger partial charge in [0.25, 0.3) is 10.0 Å². The number of phenolic OH excluding ortho intramolecular Hbond substituents is 1. The van der Waals surface area contributed by atoms with Crippen molar-refractivity contribution >= 4 is 38.9 Å². The summed E-state index contributed by atoms with van der Waals surface area (Å²) in [5, 5.41) is 10.2. The Morgan fingerprint density at radius 1 is 1.22 bits per heavy atom. The Bertz CT molecular complexity index is 868. The highest BCUT2D eigenvalue weighted by molar-refractivity contribution is 7.93. The zero-order valence-corrected chi connectivity index (χ0v) is 14.7. The Morgan fingerprint density at radius 3 is 2.65 bits per heavy atom. The first kappa shape index (κ1) is 16.4. The topological polar surface area (TPSA) is 57.6 Å². The van der Waals surface area contributed by atoms with Crippen LogP contribution in [0.4, 0.5) is 5.69 Å². The molecule has 0 fully saturated rings. The van der Waals surface area contributed by atoms with Crippen molar-refractivity contribution in [1.82, 2.24) is 0 Å². The number of sulfonamides is 1. The van der Waals surface area contributed by atoms with Crippen molar-refractivity contribution in [3.63, 3.8) is 0 Å². The van der Waals surface area contributed by atoms with E-state index in [0.29, 0.717) is 12.1 Å². The highest BCUT2D eigenvalue weighted by atomic mass is 35.5. The van der Waals surface area contributed by atoms with E-state index in [1.807, 2.05) is 19.1 Å². The van der Waals surface area contributed by atoms with E-state index in [4.69, 9.17) is 23.2 Å². The fourth-order valence-corrected chi connectivity index (χ4v) is 5.34. The summed E-state index contributed by atoms with van der Waals surface area (Å²) in [5.74, 6) is -0.480. The van der Waals surface area contributed by atoms with E-state index in [9.17, 15) is 13.5 Å². The maximum atomic E-state index is 13.1. The number of aromatic hydroxyl groups is 1. The predicted molar refractivity (Wildman–Crippen MR) is 92.0 cm³/mol. The lowest BCUT2D eigenvalue weighted by molar-refractivity contribution is 0.458. The van der Waals surface area contributed by atoms with Gasteiger partial charge >= 0.3 is 0 Å².